The Balaban J connectivity index is 1.41. The molecule has 3 heterocycles. The summed E-state index contributed by atoms with van der Waals surface area (Å²) in [6, 6.07) is 16.2. The molecule has 1 fully saturated rings. The Bertz CT molecular complexity index is 1280. The summed E-state index contributed by atoms with van der Waals surface area (Å²) in [6.45, 7) is 6.83. The van der Waals surface area contributed by atoms with E-state index in [1.165, 1.54) is 5.56 Å². The molecule has 3 N–H and O–H groups in total. The topological polar surface area (TPSA) is 103 Å². The summed E-state index contributed by atoms with van der Waals surface area (Å²) in [5.74, 6) is 1.41. The third kappa shape index (κ3) is 4.78. The van der Waals surface area contributed by atoms with E-state index in [9.17, 15) is 0 Å². The summed E-state index contributed by atoms with van der Waals surface area (Å²) in [7, 11) is 0. The van der Waals surface area contributed by atoms with Crippen LogP contribution in [0.1, 0.15) is 16.8 Å². The average Bonchev–Trinajstić information content (AvgIpc) is 3.16. The molecular formula is C24H26N8O. The van der Waals surface area contributed by atoms with Crippen LogP contribution in [0.3, 0.4) is 0 Å². The van der Waals surface area contributed by atoms with Gasteiger partial charge in [-0.3, -0.25) is 0 Å². The smallest absolute Gasteiger partial charge is 0.250 e. The second kappa shape index (κ2) is 9.25. The lowest BCUT2D eigenvalue weighted by Gasteiger charge is -2.27. The van der Waals surface area contributed by atoms with Crippen molar-refractivity contribution in [3.63, 3.8) is 0 Å². The van der Waals surface area contributed by atoms with Crippen LogP contribution in [0.5, 0.6) is 0 Å². The van der Waals surface area contributed by atoms with E-state index in [2.05, 4.69) is 59.7 Å². The molecule has 33 heavy (non-hydrogen) atoms. The third-order valence-corrected chi connectivity index (χ3v) is 5.53. The molecule has 1 aliphatic rings. The number of benzene rings is 2. The van der Waals surface area contributed by atoms with Crippen LogP contribution in [-0.4, -0.2) is 52.5 Å². The predicted molar refractivity (Wildman–Crippen MR) is 132 cm³/mol. The zero-order valence-electron chi connectivity index (χ0n) is 18.7. The number of hydrogen-bond donors (Lipinski definition) is 3. The Morgan fingerprint density at radius 2 is 1.73 bits per heavy atom. The van der Waals surface area contributed by atoms with Crippen LogP contribution in [0.25, 0.3) is 10.9 Å². The summed E-state index contributed by atoms with van der Waals surface area (Å²) in [5.41, 5.74) is 8.24. The van der Waals surface area contributed by atoms with Gasteiger partial charge in [0.1, 0.15) is 0 Å². The van der Waals surface area contributed by atoms with Crippen molar-refractivity contribution in [2.45, 2.75) is 13.8 Å². The fraction of sp³-hybridized carbons (Fsp3) is 0.250. The maximum Gasteiger partial charge on any atom is 0.250 e. The standard InChI is InChI=1S/C24H26N8O/c1-16-7-9-18(10-8-16)27-22-28-23(30-24(29-22)32-11-13-33-14-12-32)31-25-15-20-17(2)26-21-6-4-3-5-19(20)21/h3-10,15,26H,11-14H2,1-2H3,(H2,27,28,29,30,31)/b25-15+. The van der Waals surface area contributed by atoms with Gasteiger partial charge in [-0.1, -0.05) is 35.9 Å². The van der Waals surface area contributed by atoms with E-state index in [-0.39, 0.29) is 0 Å². The van der Waals surface area contributed by atoms with Gasteiger partial charge in [-0.15, -0.1) is 0 Å². The molecule has 9 heteroatoms. The highest BCUT2D eigenvalue weighted by Gasteiger charge is 2.17. The molecule has 1 aliphatic heterocycles. The Labute approximate surface area is 191 Å². The molecule has 168 valence electrons. The van der Waals surface area contributed by atoms with Crippen molar-refractivity contribution in [1.82, 2.24) is 19.9 Å². The molecule has 5 rings (SSSR count). The zero-order chi connectivity index (χ0) is 22.6. The van der Waals surface area contributed by atoms with Crippen LogP contribution in [0.15, 0.2) is 53.6 Å². The molecule has 0 aliphatic carbocycles. The summed E-state index contributed by atoms with van der Waals surface area (Å²) >= 11 is 0. The van der Waals surface area contributed by atoms with Crippen molar-refractivity contribution in [2.75, 3.05) is 41.9 Å². The van der Waals surface area contributed by atoms with E-state index < -0.39 is 0 Å². The van der Waals surface area contributed by atoms with E-state index in [0.717, 1.165) is 40.9 Å². The molecule has 4 aromatic rings. The van der Waals surface area contributed by atoms with Crippen LogP contribution < -0.4 is 15.6 Å². The lowest BCUT2D eigenvalue weighted by atomic mass is 10.1. The number of anilines is 4. The average molecular weight is 443 g/mol. The van der Waals surface area contributed by atoms with Gasteiger partial charge in [0.15, 0.2) is 0 Å². The largest absolute Gasteiger partial charge is 0.378 e. The van der Waals surface area contributed by atoms with Gasteiger partial charge in [-0.05, 0) is 32.0 Å². The molecule has 0 amide bonds. The van der Waals surface area contributed by atoms with E-state index >= 15 is 0 Å². The van der Waals surface area contributed by atoms with E-state index in [4.69, 9.17) is 4.74 Å². The molecule has 0 atom stereocenters. The number of hydrogen-bond acceptors (Lipinski definition) is 8. The number of morpholine rings is 1. The number of para-hydroxylation sites is 1. The number of hydrazone groups is 1. The zero-order valence-corrected chi connectivity index (χ0v) is 18.7. The molecule has 1 saturated heterocycles. The van der Waals surface area contributed by atoms with Crippen LogP contribution >= 0.6 is 0 Å². The highest BCUT2D eigenvalue weighted by atomic mass is 16.5. The van der Waals surface area contributed by atoms with Crippen LogP contribution in [0, 0.1) is 13.8 Å². The van der Waals surface area contributed by atoms with Crippen molar-refractivity contribution >= 4 is 40.6 Å². The highest BCUT2D eigenvalue weighted by molar-refractivity contribution is 6.00. The first-order valence-corrected chi connectivity index (χ1v) is 10.9. The van der Waals surface area contributed by atoms with E-state index in [0.29, 0.717) is 31.1 Å². The Morgan fingerprint density at radius 1 is 0.970 bits per heavy atom. The minimum absolute atomic E-state index is 0.370. The summed E-state index contributed by atoms with van der Waals surface area (Å²) in [5, 5.41) is 8.81. The molecule has 0 saturated carbocycles. The first-order chi connectivity index (χ1) is 16.2. The highest BCUT2D eigenvalue weighted by Crippen LogP contribution is 2.21. The van der Waals surface area contributed by atoms with Crippen molar-refractivity contribution in [3.05, 3.63) is 65.4 Å². The van der Waals surface area contributed by atoms with Gasteiger partial charge < -0.3 is 19.9 Å². The number of fused-ring (bicyclic) bond motifs is 1. The van der Waals surface area contributed by atoms with E-state index in [1.807, 2.05) is 43.3 Å². The maximum absolute atomic E-state index is 5.47. The summed E-state index contributed by atoms with van der Waals surface area (Å²) in [6.07, 6.45) is 1.79. The second-order valence-corrected chi connectivity index (χ2v) is 7.95. The molecule has 2 aromatic heterocycles. The van der Waals surface area contributed by atoms with Gasteiger partial charge in [-0.25, -0.2) is 5.43 Å². The molecule has 9 nitrogen and oxygen atoms in total. The first kappa shape index (κ1) is 20.9. The third-order valence-electron chi connectivity index (χ3n) is 5.53. The number of ether oxygens (including phenoxy) is 1. The Kier molecular flexibility index (Phi) is 5.86. The minimum Gasteiger partial charge on any atom is -0.378 e. The second-order valence-electron chi connectivity index (χ2n) is 7.95. The monoisotopic (exact) mass is 442 g/mol. The number of nitrogens with zero attached hydrogens (tertiary/aromatic N) is 5. The van der Waals surface area contributed by atoms with E-state index in [1.54, 1.807) is 6.21 Å². The summed E-state index contributed by atoms with van der Waals surface area (Å²) in [4.78, 5) is 19.2. The van der Waals surface area contributed by atoms with Crippen LogP contribution in [0.4, 0.5) is 23.5 Å². The minimum atomic E-state index is 0.370. The Morgan fingerprint density at radius 3 is 2.55 bits per heavy atom. The fourth-order valence-corrected chi connectivity index (χ4v) is 3.76. The lowest BCUT2D eigenvalue weighted by molar-refractivity contribution is 0.122. The van der Waals surface area contributed by atoms with Gasteiger partial charge >= 0.3 is 0 Å². The maximum atomic E-state index is 5.47. The molecule has 0 bridgehead atoms. The summed E-state index contributed by atoms with van der Waals surface area (Å²) < 4.78 is 5.47. The number of rotatable bonds is 6. The van der Waals surface area contributed by atoms with Crippen LogP contribution in [-0.2, 0) is 4.74 Å². The normalized spacial score (nSPS) is 14.2. The van der Waals surface area contributed by atoms with Gasteiger partial charge in [0.05, 0.1) is 19.4 Å². The molecular weight excluding hydrogens is 416 g/mol. The van der Waals surface area contributed by atoms with Gasteiger partial charge in [0, 0.05) is 40.9 Å². The molecule has 0 spiro atoms. The van der Waals surface area contributed by atoms with Gasteiger partial charge in [0.2, 0.25) is 17.8 Å². The van der Waals surface area contributed by atoms with Crippen molar-refractivity contribution < 1.29 is 4.74 Å². The predicted octanol–water partition coefficient (Wildman–Crippen LogP) is 4.00. The van der Waals surface area contributed by atoms with Crippen molar-refractivity contribution in [1.29, 1.82) is 0 Å². The number of aromatic nitrogens is 4. The molecule has 0 unspecified atom stereocenters. The number of aryl methyl sites for hydroxylation is 2. The SMILES string of the molecule is Cc1ccc(Nc2nc(N/N=C/c3c(C)[nH]c4ccccc34)nc(N3CCOCC3)n2)cc1. The number of nitrogens with one attached hydrogen (secondary N) is 3. The van der Waals surface area contributed by atoms with Crippen LogP contribution in [0.2, 0.25) is 0 Å². The first-order valence-electron chi connectivity index (χ1n) is 10.9. The molecule has 0 radical (unpaired) electrons. The van der Waals surface area contributed by atoms with Gasteiger partial charge in [-0.2, -0.15) is 20.1 Å². The van der Waals surface area contributed by atoms with Gasteiger partial charge in [0.25, 0.3) is 0 Å². The fourth-order valence-electron chi connectivity index (χ4n) is 3.76. The number of H-pyrrole nitrogens is 1. The quantitative estimate of drug-likeness (QED) is 0.306. The molecule has 2 aromatic carbocycles. The van der Waals surface area contributed by atoms with Crippen molar-refractivity contribution in [2.24, 2.45) is 5.10 Å². The number of aromatic amines is 1. The lowest BCUT2D eigenvalue weighted by Crippen LogP contribution is -2.37. The Hall–Kier alpha value is -3.98. The van der Waals surface area contributed by atoms with Crippen molar-refractivity contribution in [3.8, 4) is 0 Å².